The third kappa shape index (κ3) is 4.82. The van der Waals surface area contributed by atoms with Gasteiger partial charge in [-0.3, -0.25) is 5.41 Å². The molecule has 0 saturated carbocycles. The highest BCUT2D eigenvalue weighted by Crippen LogP contribution is 2.33. The highest BCUT2D eigenvalue weighted by molar-refractivity contribution is 6.04. The van der Waals surface area contributed by atoms with Gasteiger partial charge in [0.1, 0.15) is 5.69 Å². The summed E-state index contributed by atoms with van der Waals surface area (Å²) in [5.41, 5.74) is 8.34. The molecule has 0 amide bonds. The van der Waals surface area contributed by atoms with Crippen LogP contribution in [0, 0.1) is 11.6 Å². The van der Waals surface area contributed by atoms with Gasteiger partial charge in [0, 0.05) is 41.2 Å². The number of halogens is 5. The van der Waals surface area contributed by atoms with Crippen LogP contribution in [0.1, 0.15) is 42.2 Å². The van der Waals surface area contributed by atoms with E-state index in [9.17, 15) is 22.0 Å². The number of benzene rings is 1. The van der Waals surface area contributed by atoms with Crippen LogP contribution in [0.4, 0.5) is 22.0 Å². The van der Waals surface area contributed by atoms with Gasteiger partial charge in [-0.1, -0.05) is 12.1 Å². The zero-order valence-corrected chi connectivity index (χ0v) is 18.6. The molecule has 4 rings (SSSR count). The number of hydrogen-bond donors (Lipinski definition) is 3. The van der Waals surface area contributed by atoms with Gasteiger partial charge in [0.25, 0.3) is 12.2 Å². The summed E-state index contributed by atoms with van der Waals surface area (Å²) >= 11 is 0. The zero-order valence-electron chi connectivity index (χ0n) is 18.6. The number of aromatic nitrogens is 6. The fourth-order valence-corrected chi connectivity index (χ4v) is 3.63. The molecule has 0 spiro atoms. The summed E-state index contributed by atoms with van der Waals surface area (Å²) in [5, 5.41) is 13.5. The maximum absolute atomic E-state index is 13.6. The summed E-state index contributed by atoms with van der Waals surface area (Å²) < 4.78 is 66.9. The summed E-state index contributed by atoms with van der Waals surface area (Å²) in [5.74, 6) is -3.68. The van der Waals surface area contributed by atoms with Crippen molar-refractivity contribution < 1.29 is 27.4 Å². The van der Waals surface area contributed by atoms with Crippen LogP contribution in [0.15, 0.2) is 47.8 Å². The van der Waals surface area contributed by atoms with Crippen molar-refractivity contribution in [1.82, 2.24) is 29.9 Å². The number of H-pyrrole nitrogens is 1. The number of rotatable bonds is 7. The molecule has 1 unspecified atom stereocenters. The van der Waals surface area contributed by atoms with E-state index in [-0.39, 0.29) is 23.0 Å². The average Bonchev–Trinajstić information content (AvgIpc) is 3.50. The number of aromatic amines is 1. The Bertz CT molecular complexity index is 1420. The van der Waals surface area contributed by atoms with Gasteiger partial charge in [0.05, 0.1) is 17.6 Å². The van der Waals surface area contributed by atoms with Gasteiger partial charge in [0.2, 0.25) is 5.82 Å². The molecule has 5 N–H and O–H groups in total. The minimum absolute atomic E-state index is 0.0149. The number of amidine groups is 1. The van der Waals surface area contributed by atoms with E-state index in [4.69, 9.17) is 11.1 Å². The van der Waals surface area contributed by atoms with E-state index in [1.807, 2.05) is 6.92 Å². The van der Waals surface area contributed by atoms with E-state index in [1.165, 1.54) is 10.7 Å². The van der Waals surface area contributed by atoms with Crippen LogP contribution in [0.25, 0.3) is 16.8 Å². The van der Waals surface area contributed by atoms with E-state index in [0.717, 1.165) is 30.9 Å². The van der Waals surface area contributed by atoms with Crippen LogP contribution in [-0.2, 0) is 6.18 Å². The molecule has 0 saturated heterocycles. The van der Waals surface area contributed by atoms with Gasteiger partial charge in [-0.15, -0.1) is 5.10 Å². The van der Waals surface area contributed by atoms with Gasteiger partial charge in [-0.05, 0) is 29.6 Å². The molecule has 0 radical (unpaired) electrons. The summed E-state index contributed by atoms with van der Waals surface area (Å²) in [7, 11) is 0. The molecule has 0 aliphatic carbocycles. The lowest BCUT2D eigenvalue weighted by Crippen LogP contribution is -2.30. The number of hydrogen-bond acceptors (Lipinski definition) is 4. The standard InChI is InChI=1S/C22H18F5N9/c1-2-13(18-9-36(35-34-18)12-3-4-15(23)16(24)5-12)17-6-14(19(33-17)20(29)32-10-28)11-7-30-21(31-8-11)22(25,26)27/h3-10,13,33H,2H2,1H3,(H3,28,29,32)/p+1. The van der Waals surface area contributed by atoms with Crippen molar-refractivity contribution in [3.63, 3.8) is 0 Å². The Morgan fingerprint density at radius 1 is 1.19 bits per heavy atom. The summed E-state index contributed by atoms with van der Waals surface area (Å²) in [6, 6.07) is 5.00. The van der Waals surface area contributed by atoms with Crippen LogP contribution in [0.3, 0.4) is 0 Å². The number of nitrogens with two attached hydrogens (primary N) is 2. The third-order valence-corrected chi connectivity index (χ3v) is 5.34. The SMILES string of the molecule is CCC(c1cn(-c2ccc(F)c(F)c2)nn1)c1cc(-c2cnc(C(F)(F)F)nc2)c(C(N)=NC=[NH2+])[nH]1. The maximum atomic E-state index is 13.6. The predicted octanol–water partition coefficient (Wildman–Crippen LogP) is 2.38. The molecule has 3 aromatic heterocycles. The van der Waals surface area contributed by atoms with E-state index in [2.05, 4.69) is 30.3 Å². The van der Waals surface area contributed by atoms with Crippen molar-refractivity contribution in [3.05, 3.63) is 77.4 Å². The molecule has 0 aliphatic heterocycles. The van der Waals surface area contributed by atoms with Crippen molar-refractivity contribution in [3.8, 4) is 16.8 Å². The summed E-state index contributed by atoms with van der Waals surface area (Å²) in [6.45, 7) is 1.88. The van der Waals surface area contributed by atoms with E-state index in [0.29, 0.717) is 29.1 Å². The van der Waals surface area contributed by atoms with Crippen molar-refractivity contribution >= 4 is 12.2 Å². The van der Waals surface area contributed by atoms with Crippen LogP contribution < -0.4 is 11.1 Å². The predicted molar refractivity (Wildman–Crippen MR) is 119 cm³/mol. The van der Waals surface area contributed by atoms with E-state index < -0.39 is 23.6 Å². The number of nitrogens with zero attached hydrogens (tertiary/aromatic N) is 6. The van der Waals surface area contributed by atoms with Crippen molar-refractivity contribution in [2.75, 3.05) is 0 Å². The first-order valence-corrected chi connectivity index (χ1v) is 10.5. The number of alkyl halides is 3. The maximum Gasteiger partial charge on any atom is 0.451 e. The van der Waals surface area contributed by atoms with Gasteiger partial charge in [-0.2, -0.15) is 13.2 Å². The molecule has 0 aliphatic rings. The average molecular weight is 504 g/mol. The van der Waals surface area contributed by atoms with Gasteiger partial charge in [-0.25, -0.2) is 23.4 Å². The Balaban J connectivity index is 1.75. The smallest absolute Gasteiger partial charge is 0.361 e. The highest BCUT2D eigenvalue weighted by Gasteiger charge is 2.34. The molecule has 1 atom stereocenters. The Morgan fingerprint density at radius 3 is 2.53 bits per heavy atom. The molecular weight excluding hydrogens is 485 g/mol. The molecular formula is C22H19F5N9+. The van der Waals surface area contributed by atoms with Gasteiger partial charge in [0.15, 0.2) is 11.6 Å². The first-order chi connectivity index (χ1) is 17.1. The minimum atomic E-state index is -4.69. The number of aliphatic imine (C=N–C) groups is 1. The van der Waals surface area contributed by atoms with Crippen molar-refractivity contribution in [2.45, 2.75) is 25.4 Å². The van der Waals surface area contributed by atoms with Crippen LogP contribution >= 0.6 is 0 Å². The van der Waals surface area contributed by atoms with Crippen LogP contribution in [-0.4, -0.2) is 42.1 Å². The Labute approximate surface area is 200 Å². The van der Waals surface area contributed by atoms with Gasteiger partial charge >= 0.3 is 6.18 Å². The second-order valence-electron chi connectivity index (χ2n) is 7.62. The zero-order chi connectivity index (χ0) is 26.0. The monoisotopic (exact) mass is 504 g/mol. The van der Waals surface area contributed by atoms with E-state index >= 15 is 0 Å². The fraction of sp³-hybridized carbons (Fsp3) is 0.182. The second kappa shape index (κ2) is 9.64. The largest absolute Gasteiger partial charge is 0.451 e. The van der Waals surface area contributed by atoms with E-state index in [1.54, 1.807) is 12.3 Å². The molecule has 0 bridgehead atoms. The molecule has 0 fully saturated rings. The van der Waals surface area contributed by atoms with Crippen LogP contribution in [0.5, 0.6) is 0 Å². The lowest BCUT2D eigenvalue weighted by molar-refractivity contribution is -0.145. The first-order valence-electron chi connectivity index (χ1n) is 10.5. The molecule has 1 aromatic carbocycles. The number of nitrogens with one attached hydrogen (secondary N) is 1. The Hall–Kier alpha value is -4.49. The Morgan fingerprint density at radius 2 is 1.92 bits per heavy atom. The third-order valence-electron chi connectivity index (χ3n) is 5.34. The summed E-state index contributed by atoms with van der Waals surface area (Å²) in [4.78, 5) is 13.8. The summed E-state index contributed by atoms with van der Waals surface area (Å²) in [6.07, 6.45) is 0.449. The van der Waals surface area contributed by atoms with Gasteiger partial charge < -0.3 is 10.7 Å². The fourth-order valence-electron chi connectivity index (χ4n) is 3.63. The van der Waals surface area contributed by atoms with Crippen molar-refractivity contribution in [1.29, 1.82) is 0 Å². The topological polar surface area (TPSA) is 136 Å². The second-order valence-corrected chi connectivity index (χ2v) is 7.62. The molecule has 4 aromatic rings. The molecule has 14 heteroatoms. The van der Waals surface area contributed by atoms with Crippen LogP contribution in [0.2, 0.25) is 0 Å². The molecule has 36 heavy (non-hydrogen) atoms. The highest BCUT2D eigenvalue weighted by atomic mass is 19.4. The van der Waals surface area contributed by atoms with Crippen molar-refractivity contribution in [2.24, 2.45) is 10.7 Å². The molecule has 3 heterocycles. The minimum Gasteiger partial charge on any atom is -0.361 e. The quantitative estimate of drug-likeness (QED) is 0.202. The first kappa shape index (κ1) is 24.6. The lowest BCUT2D eigenvalue weighted by atomic mass is 9.98. The molecule has 186 valence electrons. The normalized spacial score (nSPS) is 13.1. The Kier molecular flexibility index (Phi) is 6.59. The lowest BCUT2D eigenvalue weighted by Gasteiger charge is -2.09. The molecule has 9 nitrogen and oxygen atoms in total.